The van der Waals surface area contributed by atoms with Crippen molar-refractivity contribution in [3.05, 3.63) is 59.4 Å². The van der Waals surface area contributed by atoms with Crippen molar-refractivity contribution in [2.45, 2.75) is 31.7 Å². The lowest BCUT2D eigenvalue weighted by molar-refractivity contribution is 0.169. The van der Waals surface area contributed by atoms with Crippen molar-refractivity contribution < 1.29 is 13.2 Å². The van der Waals surface area contributed by atoms with Crippen LogP contribution in [0, 0.1) is 13.8 Å². The maximum Gasteiger partial charge on any atom is 0.318 e. The van der Waals surface area contributed by atoms with E-state index in [1.165, 1.54) is 4.31 Å². The van der Waals surface area contributed by atoms with E-state index in [9.17, 15) is 13.2 Å². The number of urea groups is 1. The van der Waals surface area contributed by atoms with E-state index in [1.807, 2.05) is 44.2 Å². The van der Waals surface area contributed by atoms with E-state index in [-0.39, 0.29) is 25.2 Å². The summed E-state index contributed by atoms with van der Waals surface area (Å²) in [5.74, 6) is 0. The van der Waals surface area contributed by atoms with E-state index >= 15 is 0 Å². The lowest BCUT2D eigenvalue weighted by atomic mass is 10.2. The molecule has 1 fully saturated rings. The number of aryl methyl sites for hydroxylation is 2. The van der Waals surface area contributed by atoms with Gasteiger partial charge in [-0.2, -0.15) is 4.31 Å². The van der Waals surface area contributed by atoms with Crippen LogP contribution < -0.4 is 5.32 Å². The molecule has 0 radical (unpaired) electrons. The van der Waals surface area contributed by atoms with Crippen molar-refractivity contribution in [2.75, 3.05) is 26.2 Å². The number of nitrogens with one attached hydrogen (secondary N) is 1. The fourth-order valence-electron chi connectivity index (χ4n) is 3.24. The third-order valence-corrected chi connectivity index (χ3v) is 7.00. The van der Waals surface area contributed by atoms with Crippen LogP contribution in [0.15, 0.2) is 47.5 Å². The van der Waals surface area contributed by atoms with Crippen molar-refractivity contribution in [1.29, 1.82) is 0 Å². The van der Waals surface area contributed by atoms with E-state index in [1.54, 1.807) is 24.1 Å². The number of carbonyl (C=O) groups is 1. The number of nitrogens with zero attached hydrogens (tertiary/aromatic N) is 3. The van der Waals surface area contributed by atoms with E-state index < -0.39 is 10.0 Å². The van der Waals surface area contributed by atoms with Gasteiger partial charge in [-0.05, 0) is 50.1 Å². The molecule has 1 saturated heterocycles. The summed E-state index contributed by atoms with van der Waals surface area (Å²) in [6.45, 7) is 6.82. The zero-order chi connectivity index (χ0) is 20.3. The summed E-state index contributed by atoms with van der Waals surface area (Å²) in [5.41, 5.74) is 2.42. The van der Waals surface area contributed by atoms with Gasteiger partial charge in [0.1, 0.15) is 0 Å². The van der Waals surface area contributed by atoms with Crippen molar-refractivity contribution >= 4 is 16.1 Å². The number of piperazine rings is 1. The second-order valence-corrected chi connectivity index (χ2v) is 8.99. The van der Waals surface area contributed by atoms with Gasteiger partial charge in [-0.1, -0.05) is 18.2 Å². The van der Waals surface area contributed by atoms with E-state index in [2.05, 4.69) is 10.3 Å². The van der Waals surface area contributed by atoms with Gasteiger partial charge >= 0.3 is 6.03 Å². The zero-order valence-electron chi connectivity index (χ0n) is 16.4. The maximum absolute atomic E-state index is 13.0. The van der Waals surface area contributed by atoms with Crippen molar-refractivity contribution in [3.63, 3.8) is 0 Å². The van der Waals surface area contributed by atoms with Gasteiger partial charge in [0.25, 0.3) is 0 Å². The molecule has 2 heterocycles. The predicted octanol–water partition coefficient (Wildman–Crippen LogP) is 2.48. The van der Waals surface area contributed by atoms with Gasteiger partial charge in [0.05, 0.1) is 16.6 Å². The number of hydrogen-bond acceptors (Lipinski definition) is 4. The number of hydrogen-bond donors (Lipinski definition) is 1. The third kappa shape index (κ3) is 4.34. The number of amides is 2. The Morgan fingerprint density at radius 2 is 1.82 bits per heavy atom. The van der Waals surface area contributed by atoms with Gasteiger partial charge in [0.2, 0.25) is 10.0 Å². The molecule has 1 aliphatic rings. The van der Waals surface area contributed by atoms with Crippen molar-refractivity contribution in [2.24, 2.45) is 0 Å². The number of benzene rings is 1. The Morgan fingerprint density at radius 3 is 2.46 bits per heavy atom. The fraction of sp³-hybridized carbons (Fsp3) is 0.400. The standard InChI is InChI=1S/C20H26N4O3S/c1-15-7-8-16(2)19(14-15)28(26,27)24-12-10-23(11-13-24)20(25)22-17(3)18-6-4-5-9-21-18/h4-9,14,17H,10-13H2,1-3H3,(H,22,25). The molecular weight excluding hydrogens is 376 g/mol. The lowest BCUT2D eigenvalue weighted by Crippen LogP contribution is -2.53. The van der Waals surface area contributed by atoms with Crippen LogP contribution in [-0.4, -0.2) is 54.8 Å². The smallest absolute Gasteiger partial charge is 0.318 e. The molecule has 1 N–H and O–H groups in total. The van der Waals surface area contributed by atoms with E-state index in [0.717, 1.165) is 16.8 Å². The van der Waals surface area contributed by atoms with Gasteiger partial charge in [0, 0.05) is 32.4 Å². The molecule has 2 aromatic rings. The first-order chi connectivity index (χ1) is 13.3. The van der Waals surface area contributed by atoms with Crippen LogP contribution in [0.1, 0.15) is 29.8 Å². The molecule has 0 aliphatic carbocycles. The first-order valence-electron chi connectivity index (χ1n) is 9.33. The summed E-state index contributed by atoms with van der Waals surface area (Å²) in [7, 11) is -3.57. The molecule has 150 valence electrons. The second-order valence-electron chi connectivity index (χ2n) is 7.09. The largest absolute Gasteiger partial charge is 0.330 e. The van der Waals surface area contributed by atoms with Crippen LogP contribution in [0.3, 0.4) is 0 Å². The molecule has 1 unspecified atom stereocenters. The highest BCUT2D eigenvalue weighted by Gasteiger charge is 2.31. The quantitative estimate of drug-likeness (QED) is 0.852. The number of rotatable bonds is 4. The van der Waals surface area contributed by atoms with Gasteiger partial charge < -0.3 is 10.2 Å². The van der Waals surface area contributed by atoms with Gasteiger partial charge in [-0.15, -0.1) is 0 Å². The molecule has 1 aromatic carbocycles. The van der Waals surface area contributed by atoms with E-state index in [4.69, 9.17) is 0 Å². The Kier molecular flexibility index (Phi) is 6.00. The number of carbonyl (C=O) groups excluding carboxylic acids is 1. The van der Waals surface area contributed by atoms with Gasteiger partial charge in [0.15, 0.2) is 0 Å². The Labute approximate surface area is 166 Å². The molecule has 28 heavy (non-hydrogen) atoms. The van der Waals surface area contributed by atoms with Gasteiger partial charge in [-0.25, -0.2) is 13.2 Å². The minimum absolute atomic E-state index is 0.207. The number of pyridine rings is 1. The van der Waals surface area contributed by atoms with Crippen LogP contribution >= 0.6 is 0 Å². The Bertz CT molecular complexity index is 939. The summed E-state index contributed by atoms with van der Waals surface area (Å²) >= 11 is 0. The molecule has 7 nitrogen and oxygen atoms in total. The Morgan fingerprint density at radius 1 is 1.11 bits per heavy atom. The molecule has 0 bridgehead atoms. The first kappa shape index (κ1) is 20.3. The average Bonchev–Trinajstić information content (AvgIpc) is 2.70. The normalized spacial score (nSPS) is 16.6. The summed E-state index contributed by atoms with van der Waals surface area (Å²) in [6, 6.07) is 10.6. The minimum Gasteiger partial charge on any atom is -0.330 e. The molecule has 3 rings (SSSR count). The Hall–Kier alpha value is -2.45. The highest BCUT2D eigenvalue weighted by atomic mass is 32.2. The summed E-state index contributed by atoms with van der Waals surface area (Å²) < 4.78 is 27.5. The molecular formula is C20H26N4O3S. The second kappa shape index (κ2) is 8.28. The SMILES string of the molecule is Cc1ccc(C)c(S(=O)(=O)N2CCN(C(=O)NC(C)c3ccccn3)CC2)c1. The zero-order valence-corrected chi connectivity index (χ0v) is 17.2. The van der Waals surface area contributed by atoms with Gasteiger partial charge in [-0.3, -0.25) is 4.98 Å². The van der Waals surface area contributed by atoms with Crippen LogP contribution in [0.5, 0.6) is 0 Å². The fourth-order valence-corrected chi connectivity index (χ4v) is 4.97. The summed E-state index contributed by atoms with van der Waals surface area (Å²) in [4.78, 5) is 18.8. The highest BCUT2D eigenvalue weighted by molar-refractivity contribution is 7.89. The third-order valence-electron chi connectivity index (χ3n) is 4.96. The molecule has 1 aliphatic heterocycles. The first-order valence-corrected chi connectivity index (χ1v) is 10.8. The van der Waals surface area contributed by atoms with Crippen molar-refractivity contribution in [3.8, 4) is 0 Å². The molecule has 1 aromatic heterocycles. The number of sulfonamides is 1. The van der Waals surface area contributed by atoms with Crippen LogP contribution in [0.2, 0.25) is 0 Å². The molecule has 0 spiro atoms. The highest BCUT2D eigenvalue weighted by Crippen LogP contribution is 2.22. The summed E-state index contributed by atoms with van der Waals surface area (Å²) in [6.07, 6.45) is 1.69. The minimum atomic E-state index is -3.57. The average molecular weight is 403 g/mol. The number of aromatic nitrogens is 1. The van der Waals surface area contributed by atoms with E-state index in [0.29, 0.717) is 18.0 Å². The summed E-state index contributed by atoms with van der Waals surface area (Å²) in [5, 5.41) is 2.92. The topological polar surface area (TPSA) is 82.6 Å². The van der Waals surface area contributed by atoms with Crippen LogP contribution in [0.25, 0.3) is 0 Å². The van der Waals surface area contributed by atoms with Crippen LogP contribution in [0.4, 0.5) is 4.79 Å². The molecule has 2 amide bonds. The molecule has 1 atom stereocenters. The van der Waals surface area contributed by atoms with Crippen molar-refractivity contribution in [1.82, 2.24) is 19.5 Å². The lowest BCUT2D eigenvalue weighted by Gasteiger charge is -2.34. The monoisotopic (exact) mass is 402 g/mol. The predicted molar refractivity (Wildman–Crippen MR) is 107 cm³/mol. The maximum atomic E-state index is 13.0. The molecule has 0 saturated carbocycles. The van der Waals surface area contributed by atoms with Crippen LogP contribution in [-0.2, 0) is 10.0 Å². The Balaban J connectivity index is 1.62. The molecule has 8 heteroatoms.